The Balaban J connectivity index is 2.84. The van der Waals surface area contributed by atoms with E-state index in [1.165, 1.54) is 16.8 Å². The van der Waals surface area contributed by atoms with Gasteiger partial charge in [-0.05, 0) is 62.4 Å². The number of aryl methyl sites for hydroxylation is 2. The van der Waals surface area contributed by atoms with E-state index in [-0.39, 0.29) is 5.92 Å². The Morgan fingerprint density at radius 3 is 2.55 bits per heavy atom. The second-order valence-electron chi connectivity index (χ2n) is 6.12. The maximum absolute atomic E-state index is 11.5. The quantitative estimate of drug-likeness (QED) is 0.855. The molecule has 22 heavy (non-hydrogen) atoms. The van der Waals surface area contributed by atoms with Gasteiger partial charge in [0, 0.05) is 17.6 Å². The molecule has 0 bridgehead atoms. The van der Waals surface area contributed by atoms with Gasteiger partial charge in [-0.15, -0.1) is 0 Å². The number of carbonyl (C=O) groups is 1. The number of hydrogen-bond donors (Lipinski definition) is 2. The van der Waals surface area contributed by atoms with Crippen LogP contribution in [0.15, 0.2) is 12.1 Å². The highest BCUT2D eigenvalue weighted by Gasteiger charge is 2.20. The first-order chi connectivity index (χ1) is 10.4. The molecule has 4 heteroatoms. The highest BCUT2D eigenvalue weighted by molar-refractivity contribution is 5.97. The summed E-state index contributed by atoms with van der Waals surface area (Å²) in [6, 6.07) is 3.65. The molecule has 0 aliphatic carbocycles. The minimum atomic E-state index is -0.865. The van der Waals surface area contributed by atoms with E-state index in [1.54, 1.807) is 0 Å². The molecule has 2 aromatic rings. The summed E-state index contributed by atoms with van der Waals surface area (Å²) < 4.78 is 2.31. The molecule has 0 fully saturated rings. The molecule has 1 aromatic carbocycles. The summed E-state index contributed by atoms with van der Waals surface area (Å²) in [5, 5.41) is 10.5. The van der Waals surface area contributed by atoms with Crippen LogP contribution in [0.5, 0.6) is 0 Å². The van der Waals surface area contributed by atoms with Gasteiger partial charge in [0.25, 0.3) is 0 Å². The summed E-state index contributed by atoms with van der Waals surface area (Å²) in [6.45, 7) is 10.0. The van der Waals surface area contributed by atoms with Crippen LogP contribution in [0.1, 0.15) is 60.3 Å². The standard InChI is InChI=1S/C18H26N2O2/c1-5-20-12(4)14(7-6-8-19)16-10-13(18(21)22)9-15(11(2)3)17(16)20/h9-11H,5-8,19H2,1-4H3,(H,21,22). The van der Waals surface area contributed by atoms with Crippen molar-refractivity contribution in [2.75, 3.05) is 6.54 Å². The van der Waals surface area contributed by atoms with Gasteiger partial charge in [-0.1, -0.05) is 13.8 Å². The van der Waals surface area contributed by atoms with Crippen molar-refractivity contribution in [3.8, 4) is 0 Å². The number of rotatable bonds is 6. The molecule has 0 amide bonds. The van der Waals surface area contributed by atoms with E-state index in [0.29, 0.717) is 12.1 Å². The molecule has 0 unspecified atom stereocenters. The first kappa shape index (κ1) is 16.6. The van der Waals surface area contributed by atoms with Gasteiger partial charge in [0.2, 0.25) is 0 Å². The molecule has 1 heterocycles. The Bertz CT molecular complexity index is 699. The first-order valence-corrected chi connectivity index (χ1v) is 8.01. The molecule has 0 radical (unpaired) electrons. The smallest absolute Gasteiger partial charge is 0.335 e. The van der Waals surface area contributed by atoms with E-state index < -0.39 is 5.97 Å². The van der Waals surface area contributed by atoms with Crippen LogP contribution in [-0.2, 0) is 13.0 Å². The molecule has 0 aliphatic heterocycles. The molecule has 2 rings (SSSR count). The SMILES string of the molecule is CCn1c(C)c(CCCN)c2cc(C(=O)O)cc(C(C)C)c21. The van der Waals surface area contributed by atoms with Gasteiger partial charge >= 0.3 is 5.97 Å². The number of hydrogen-bond acceptors (Lipinski definition) is 2. The van der Waals surface area contributed by atoms with Gasteiger partial charge in [0.05, 0.1) is 11.1 Å². The molecular weight excluding hydrogens is 276 g/mol. The Morgan fingerprint density at radius 2 is 2.05 bits per heavy atom. The predicted molar refractivity (Wildman–Crippen MR) is 90.8 cm³/mol. The average molecular weight is 302 g/mol. The Hall–Kier alpha value is -1.81. The van der Waals surface area contributed by atoms with Crippen molar-refractivity contribution in [1.82, 2.24) is 4.57 Å². The number of aromatic carboxylic acids is 1. The molecule has 120 valence electrons. The third kappa shape index (κ3) is 2.75. The second-order valence-corrected chi connectivity index (χ2v) is 6.12. The Kier molecular flexibility index (Phi) is 4.91. The highest BCUT2D eigenvalue weighted by atomic mass is 16.4. The van der Waals surface area contributed by atoms with Crippen molar-refractivity contribution in [2.45, 2.75) is 53.0 Å². The van der Waals surface area contributed by atoms with E-state index in [4.69, 9.17) is 5.73 Å². The summed E-state index contributed by atoms with van der Waals surface area (Å²) in [7, 11) is 0. The van der Waals surface area contributed by atoms with Crippen molar-refractivity contribution in [1.29, 1.82) is 0 Å². The molecular formula is C18H26N2O2. The van der Waals surface area contributed by atoms with Crippen molar-refractivity contribution in [2.24, 2.45) is 5.73 Å². The zero-order valence-electron chi connectivity index (χ0n) is 13.9. The molecule has 1 aromatic heterocycles. The molecule has 0 spiro atoms. The molecule has 4 nitrogen and oxygen atoms in total. The van der Waals surface area contributed by atoms with Crippen LogP contribution in [0, 0.1) is 6.92 Å². The molecule has 0 atom stereocenters. The molecule has 0 saturated heterocycles. The fourth-order valence-corrected chi connectivity index (χ4v) is 3.27. The minimum Gasteiger partial charge on any atom is -0.478 e. The number of aromatic nitrogens is 1. The van der Waals surface area contributed by atoms with Gasteiger partial charge in [-0.2, -0.15) is 0 Å². The number of nitrogens with zero attached hydrogens (tertiary/aromatic N) is 1. The molecule has 3 N–H and O–H groups in total. The lowest BCUT2D eigenvalue weighted by molar-refractivity contribution is 0.0697. The summed E-state index contributed by atoms with van der Waals surface area (Å²) >= 11 is 0. The number of nitrogens with two attached hydrogens (primary N) is 1. The maximum atomic E-state index is 11.5. The Morgan fingerprint density at radius 1 is 1.36 bits per heavy atom. The lowest BCUT2D eigenvalue weighted by atomic mass is 9.95. The number of fused-ring (bicyclic) bond motifs is 1. The third-order valence-corrected chi connectivity index (χ3v) is 4.39. The summed E-state index contributed by atoms with van der Waals surface area (Å²) in [5.41, 5.74) is 10.8. The van der Waals surface area contributed by atoms with E-state index in [2.05, 4.69) is 32.3 Å². The normalized spacial score (nSPS) is 11.5. The van der Waals surface area contributed by atoms with Crippen LogP contribution in [0.3, 0.4) is 0 Å². The van der Waals surface area contributed by atoms with Gasteiger partial charge in [-0.25, -0.2) is 4.79 Å². The van der Waals surface area contributed by atoms with E-state index in [9.17, 15) is 9.90 Å². The fraction of sp³-hybridized carbons (Fsp3) is 0.500. The topological polar surface area (TPSA) is 68.2 Å². The van der Waals surface area contributed by atoms with Gasteiger partial charge in [-0.3, -0.25) is 0 Å². The largest absolute Gasteiger partial charge is 0.478 e. The van der Waals surface area contributed by atoms with Crippen molar-refractivity contribution in [3.05, 3.63) is 34.5 Å². The summed E-state index contributed by atoms with van der Waals surface area (Å²) in [4.78, 5) is 11.5. The lowest BCUT2D eigenvalue weighted by Gasteiger charge is -2.13. The van der Waals surface area contributed by atoms with E-state index >= 15 is 0 Å². The third-order valence-electron chi connectivity index (χ3n) is 4.39. The first-order valence-electron chi connectivity index (χ1n) is 8.01. The van der Waals surface area contributed by atoms with Crippen molar-refractivity contribution < 1.29 is 9.90 Å². The van der Waals surface area contributed by atoms with Crippen LogP contribution in [0.25, 0.3) is 10.9 Å². The monoisotopic (exact) mass is 302 g/mol. The molecule has 0 aliphatic rings. The predicted octanol–water partition coefficient (Wildman–Crippen LogP) is 3.68. The minimum absolute atomic E-state index is 0.281. The van der Waals surface area contributed by atoms with E-state index in [1.807, 2.05) is 12.1 Å². The van der Waals surface area contributed by atoms with Crippen LogP contribution < -0.4 is 5.73 Å². The number of carboxylic acid groups (broad SMARTS) is 1. The zero-order chi connectivity index (χ0) is 16.4. The van der Waals surface area contributed by atoms with Gasteiger partial charge in [0.1, 0.15) is 0 Å². The summed E-state index contributed by atoms with van der Waals surface area (Å²) in [6.07, 6.45) is 1.81. The fourth-order valence-electron chi connectivity index (χ4n) is 3.27. The maximum Gasteiger partial charge on any atom is 0.335 e. The van der Waals surface area contributed by atoms with Gasteiger partial charge < -0.3 is 15.4 Å². The van der Waals surface area contributed by atoms with Crippen molar-refractivity contribution >= 4 is 16.9 Å². The van der Waals surface area contributed by atoms with Crippen LogP contribution >= 0.6 is 0 Å². The van der Waals surface area contributed by atoms with Crippen LogP contribution in [-0.4, -0.2) is 22.2 Å². The summed E-state index contributed by atoms with van der Waals surface area (Å²) in [5.74, 6) is -0.584. The highest BCUT2D eigenvalue weighted by Crippen LogP contribution is 2.34. The van der Waals surface area contributed by atoms with Crippen LogP contribution in [0.2, 0.25) is 0 Å². The lowest BCUT2D eigenvalue weighted by Crippen LogP contribution is -2.03. The van der Waals surface area contributed by atoms with Gasteiger partial charge in [0.15, 0.2) is 0 Å². The number of carboxylic acids is 1. The van der Waals surface area contributed by atoms with Crippen molar-refractivity contribution in [3.63, 3.8) is 0 Å². The van der Waals surface area contributed by atoms with Crippen LogP contribution in [0.4, 0.5) is 0 Å². The zero-order valence-corrected chi connectivity index (χ0v) is 13.9. The Labute approximate surface area is 131 Å². The van der Waals surface area contributed by atoms with E-state index in [0.717, 1.165) is 30.3 Å². The number of benzene rings is 1. The second kappa shape index (κ2) is 6.53. The molecule has 0 saturated carbocycles. The average Bonchev–Trinajstić information content (AvgIpc) is 2.75.